The molecule has 0 atom stereocenters. The summed E-state index contributed by atoms with van der Waals surface area (Å²) >= 11 is 0. The molecule has 4 heteroatoms. The second-order valence-electron chi connectivity index (χ2n) is 5.71. The zero-order valence-corrected chi connectivity index (χ0v) is 11.9. The minimum atomic E-state index is 0.109. The van der Waals surface area contributed by atoms with Crippen molar-refractivity contribution in [3.63, 3.8) is 0 Å². The largest absolute Gasteiger partial charge is 0.333 e. The van der Waals surface area contributed by atoms with Gasteiger partial charge in [0, 0.05) is 42.8 Å². The first-order valence-corrected chi connectivity index (χ1v) is 6.69. The molecular weight excluding hydrogens is 236 g/mol. The first kappa shape index (κ1) is 13.7. The minimum absolute atomic E-state index is 0.109. The highest BCUT2D eigenvalue weighted by Gasteiger charge is 2.10. The molecule has 2 aromatic rings. The second-order valence-corrected chi connectivity index (χ2v) is 5.71. The van der Waals surface area contributed by atoms with Gasteiger partial charge in [0.25, 0.3) is 0 Å². The summed E-state index contributed by atoms with van der Waals surface area (Å²) in [6, 6.07) is 6.03. The van der Waals surface area contributed by atoms with Gasteiger partial charge in [0.2, 0.25) is 0 Å². The highest BCUT2D eigenvalue weighted by Crippen LogP contribution is 2.05. The van der Waals surface area contributed by atoms with Crippen molar-refractivity contribution in [3.05, 3.63) is 48.3 Å². The van der Waals surface area contributed by atoms with Crippen molar-refractivity contribution >= 4 is 0 Å². The van der Waals surface area contributed by atoms with Gasteiger partial charge in [-0.3, -0.25) is 4.98 Å². The monoisotopic (exact) mass is 258 g/mol. The standard InChI is InChI=1S/C15H22N4/c1-15(2,3)18-12-14-17-9-11-19(14)10-7-13-6-4-5-8-16-13/h4-6,8-9,11,18H,7,10,12H2,1-3H3. The third kappa shape index (κ3) is 4.48. The van der Waals surface area contributed by atoms with E-state index in [-0.39, 0.29) is 5.54 Å². The highest BCUT2D eigenvalue weighted by atomic mass is 15.1. The lowest BCUT2D eigenvalue weighted by atomic mass is 10.1. The van der Waals surface area contributed by atoms with Crippen LogP contribution in [0.4, 0.5) is 0 Å². The molecule has 2 rings (SSSR count). The predicted octanol–water partition coefficient (Wildman–Crippen LogP) is 2.41. The van der Waals surface area contributed by atoms with Gasteiger partial charge in [0.15, 0.2) is 0 Å². The van der Waals surface area contributed by atoms with Crippen molar-refractivity contribution in [2.24, 2.45) is 0 Å². The average Bonchev–Trinajstić information content (AvgIpc) is 2.82. The lowest BCUT2D eigenvalue weighted by molar-refractivity contribution is 0.411. The first-order chi connectivity index (χ1) is 9.04. The fourth-order valence-corrected chi connectivity index (χ4v) is 1.84. The Morgan fingerprint density at radius 2 is 2.00 bits per heavy atom. The number of pyridine rings is 1. The Morgan fingerprint density at radius 1 is 1.16 bits per heavy atom. The Bertz CT molecular complexity index is 496. The van der Waals surface area contributed by atoms with Crippen LogP contribution in [-0.2, 0) is 19.5 Å². The maximum absolute atomic E-state index is 4.41. The summed E-state index contributed by atoms with van der Waals surface area (Å²) in [7, 11) is 0. The van der Waals surface area contributed by atoms with Gasteiger partial charge in [-0.15, -0.1) is 0 Å². The highest BCUT2D eigenvalue weighted by molar-refractivity contribution is 5.04. The van der Waals surface area contributed by atoms with Gasteiger partial charge >= 0.3 is 0 Å². The molecular formula is C15H22N4. The molecule has 0 spiro atoms. The number of nitrogens with one attached hydrogen (secondary N) is 1. The molecule has 0 aliphatic rings. The molecule has 0 fully saturated rings. The van der Waals surface area contributed by atoms with Gasteiger partial charge < -0.3 is 9.88 Å². The van der Waals surface area contributed by atoms with Gasteiger partial charge in [0.1, 0.15) is 5.82 Å². The van der Waals surface area contributed by atoms with Crippen LogP contribution >= 0.6 is 0 Å². The molecule has 4 nitrogen and oxygen atoms in total. The molecule has 0 aliphatic heterocycles. The molecule has 0 bridgehead atoms. The van der Waals surface area contributed by atoms with E-state index in [1.165, 1.54) is 0 Å². The quantitative estimate of drug-likeness (QED) is 0.895. The van der Waals surface area contributed by atoms with Crippen LogP contribution in [0.15, 0.2) is 36.8 Å². The number of imidazole rings is 1. The Labute approximate surface area is 114 Å². The zero-order chi connectivity index (χ0) is 13.7. The summed E-state index contributed by atoms with van der Waals surface area (Å²) in [5, 5.41) is 3.46. The van der Waals surface area contributed by atoms with Crippen LogP contribution in [0.2, 0.25) is 0 Å². The van der Waals surface area contributed by atoms with Gasteiger partial charge in [-0.2, -0.15) is 0 Å². The zero-order valence-electron chi connectivity index (χ0n) is 11.9. The van der Waals surface area contributed by atoms with E-state index in [2.05, 4.69) is 46.7 Å². The van der Waals surface area contributed by atoms with Crippen LogP contribution in [0.1, 0.15) is 32.3 Å². The Hall–Kier alpha value is -1.68. The van der Waals surface area contributed by atoms with E-state index in [1.807, 2.05) is 30.7 Å². The van der Waals surface area contributed by atoms with E-state index in [4.69, 9.17) is 0 Å². The van der Waals surface area contributed by atoms with Crippen molar-refractivity contribution in [2.45, 2.75) is 45.8 Å². The second kappa shape index (κ2) is 5.97. The fourth-order valence-electron chi connectivity index (χ4n) is 1.84. The molecule has 2 aromatic heterocycles. The predicted molar refractivity (Wildman–Crippen MR) is 76.8 cm³/mol. The van der Waals surface area contributed by atoms with E-state index in [1.54, 1.807) is 0 Å². The maximum Gasteiger partial charge on any atom is 0.122 e. The van der Waals surface area contributed by atoms with Gasteiger partial charge in [0.05, 0.1) is 6.54 Å². The summed E-state index contributed by atoms with van der Waals surface area (Å²) in [5.74, 6) is 1.07. The van der Waals surface area contributed by atoms with E-state index in [0.717, 1.165) is 31.0 Å². The van der Waals surface area contributed by atoms with Crippen molar-refractivity contribution in [2.75, 3.05) is 0 Å². The van der Waals surface area contributed by atoms with Gasteiger partial charge in [-0.1, -0.05) is 6.07 Å². The molecule has 1 N–H and O–H groups in total. The molecule has 0 saturated heterocycles. The third-order valence-corrected chi connectivity index (χ3v) is 2.91. The first-order valence-electron chi connectivity index (χ1n) is 6.69. The van der Waals surface area contributed by atoms with E-state index < -0.39 is 0 Å². The van der Waals surface area contributed by atoms with Gasteiger partial charge in [-0.05, 0) is 32.9 Å². The van der Waals surface area contributed by atoms with E-state index in [9.17, 15) is 0 Å². The molecule has 0 aliphatic carbocycles. The molecule has 0 aromatic carbocycles. The van der Waals surface area contributed by atoms with E-state index >= 15 is 0 Å². The topological polar surface area (TPSA) is 42.7 Å². The molecule has 0 radical (unpaired) electrons. The summed E-state index contributed by atoms with van der Waals surface area (Å²) in [4.78, 5) is 8.76. The number of aromatic nitrogens is 3. The van der Waals surface area contributed by atoms with Crippen LogP contribution in [0.5, 0.6) is 0 Å². The Kier molecular flexibility index (Phi) is 4.32. The molecule has 2 heterocycles. The van der Waals surface area contributed by atoms with Crippen molar-refractivity contribution in [3.8, 4) is 0 Å². The average molecular weight is 258 g/mol. The summed E-state index contributed by atoms with van der Waals surface area (Å²) in [6.07, 6.45) is 6.66. The Morgan fingerprint density at radius 3 is 2.68 bits per heavy atom. The number of aryl methyl sites for hydroxylation is 2. The van der Waals surface area contributed by atoms with Crippen molar-refractivity contribution in [1.82, 2.24) is 19.9 Å². The molecule has 19 heavy (non-hydrogen) atoms. The van der Waals surface area contributed by atoms with Crippen LogP contribution < -0.4 is 5.32 Å². The molecule has 0 saturated carbocycles. The van der Waals surface area contributed by atoms with Crippen LogP contribution in [-0.4, -0.2) is 20.1 Å². The number of hydrogen-bond donors (Lipinski definition) is 1. The van der Waals surface area contributed by atoms with Crippen LogP contribution in [0.25, 0.3) is 0 Å². The number of hydrogen-bond acceptors (Lipinski definition) is 3. The fraction of sp³-hybridized carbons (Fsp3) is 0.467. The van der Waals surface area contributed by atoms with E-state index in [0.29, 0.717) is 0 Å². The number of nitrogens with zero attached hydrogens (tertiary/aromatic N) is 3. The SMILES string of the molecule is CC(C)(C)NCc1nccn1CCc1ccccn1. The van der Waals surface area contributed by atoms with Gasteiger partial charge in [-0.25, -0.2) is 4.98 Å². The summed E-state index contributed by atoms with van der Waals surface area (Å²) in [5.41, 5.74) is 1.23. The molecule has 0 unspecified atom stereocenters. The Balaban J connectivity index is 1.92. The van der Waals surface area contributed by atoms with Crippen molar-refractivity contribution < 1.29 is 0 Å². The number of rotatable bonds is 5. The lowest BCUT2D eigenvalue weighted by Crippen LogP contribution is -2.36. The maximum atomic E-state index is 4.41. The molecule has 102 valence electrons. The smallest absolute Gasteiger partial charge is 0.122 e. The normalized spacial score (nSPS) is 11.7. The lowest BCUT2D eigenvalue weighted by Gasteiger charge is -2.20. The third-order valence-electron chi connectivity index (χ3n) is 2.91. The van der Waals surface area contributed by atoms with Crippen LogP contribution in [0.3, 0.4) is 0 Å². The summed E-state index contributed by atoms with van der Waals surface area (Å²) in [6.45, 7) is 8.19. The summed E-state index contributed by atoms with van der Waals surface area (Å²) < 4.78 is 2.19. The minimum Gasteiger partial charge on any atom is -0.333 e. The van der Waals surface area contributed by atoms with Crippen LogP contribution in [0, 0.1) is 0 Å². The molecule has 0 amide bonds. The van der Waals surface area contributed by atoms with Crippen molar-refractivity contribution in [1.29, 1.82) is 0 Å².